The van der Waals surface area contributed by atoms with Crippen molar-refractivity contribution >= 4 is 11.8 Å². The first kappa shape index (κ1) is 12.6. The van der Waals surface area contributed by atoms with E-state index in [2.05, 4.69) is 17.4 Å². The second-order valence-corrected chi connectivity index (χ2v) is 4.90. The van der Waals surface area contributed by atoms with Gasteiger partial charge >= 0.3 is 11.8 Å². The van der Waals surface area contributed by atoms with Gasteiger partial charge in [0.25, 0.3) is 0 Å². The zero-order valence-corrected chi connectivity index (χ0v) is 10.3. The van der Waals surface area contributed by atoms with E-state index < -0.39 is 11.8 Å². The lowest BCUT2D eigenvalue weighted by molar-refractivity contribution is -0.137. The van der Waals surface area contributed by atoms with Gasteiger partial charge in [0, 0.05) is 12.0 Å². The number of hydrogen-bond donors (Lipinski definition) is 2. The average Bonchev–Trinajstić information content (AvgIpc) is 2.87. The maximum absolute atomic E-state index is 11.3. The van der Waals surface area contributed by atoms with E-state index >= 15 is 0 Å². The van der Waals surface area contributed by atoms with E-state index in [1.165, 1.54) is 5.56 Å². The Morgan fingerprint density at radius 3 is 2.33 bits per heavy atom. The molecule has 0 heterocycles. The highest BCUT2D eigenvalue weighted by Crippen LogP contribution is 2.40. The summed E-state index contributed by atoms with van der Waals surface area (Å²) in [4.78, 5) is 22.0. The van der Waals surface area contributed by atoms with Crippen LogP contribution in [-0.4, -0.2) is 18.4 Å². The fourth-order valence-electron chi connectivity index (χ4n) is 2.75. The third-order valence-electron chi connectivity index (χ3n) is 3.76. The van der Waals surface area contributed by atoms with Crippen molar-refractivity contribution in [2.75, 3.05) is 6.54 Å². The predicted octanol–water partition coefficient (Wildman–Crippen LogP) is 1.10. The van der Waals surface area contributed by atoms with Crippen LogP contribution >= 0.6 is 0 Å². The van der Waals surface area contributed by atoms with Crippen LogP contribution in [0.4, 0.5) is 0 Å². The lowest BCUT2D eigenvalue weighted by Crippen LogP contribution is -2.43. The molecule has 0 unspecified atom stereocenters. The van der Waals surface area contributed by atoms with Gasteiger partial charge in [-0.25, -0.2) is 0 Å². The van der Waals surface area contributed by atoms with Gasteiger partial charge in [-0.3, -0.25) is 9.59 Å². The molecule has 1 fully saturated rings. The van der Waals surface area contributed by atoms with Crippen molar-refractivity contribution < 1.29 is 9.59 Å². The summed E-state index contributed by atoms with van der Waals surface area (Å²) in [6, 6.07) is 10.2. The van der Waals surface area contributed by atoms with Crippen LogP contribution in [0.25, 0.3) is 0 Å². The molecule has 2 rings (SSSR count). The summed E-state index contributed by atoms with van der Waals surface area (Å²) in [5.74, 6) is -1.62. The summed E-state index contributed by atoms with van der Waals surface area (Å²) >= 11 is 0. The molecular formula is C14H18N2O2. The number of nitrogens with two attached hydrogens (primary N) is 1. The third-order valence-corrected chi connectivity index (χ3v) is 3.76. The summed E-state index contributed by atoms with van der Waals surface area (Å²) in [7, 11) is 0. The summed E-state index contributed by atoms with van der Waals surface area (Å²) in [6.07, 6.45) is 4.38. The normalized spacial score (nSPS) is 17.3. The SMILES string of the molecule is NC(=O)C(=O)NCC1(c2ccccc2)CCCC1. The molecule has 4 heteroatoms. The molecule has 0 saturated heterocycles. The monoisotopic (exact) mass is 246 g/mol. The van der Waals surface area contributed by atoms with Gasteiger partial charge in [0.15, 0.2) is 0 Å². The lowest BCUT2D eigenvalue weighted by Gasteiger charge is -2.29. The summed E-state index contributed by atoms with van der Waals surface area (Å²) in [5, 5.41) is 2.65. The Balaban J connectivity index is 2.13. The van der Waals surface area contributed by atoms with Crippen molar-refractivity contribution in [3.63, 3.8) is 0 Å². The third kappa shape index (κ3) is 2.53. The zero-order valence-electron chi connectivity index (χ0n) is 10.3. The van der Waals surface area contributed by atoms with Gasteiger partial charge < -0.3 is 11.1 Å². The number of rotatable bonds is 3. The minimum absolute atomic E-state index is 0.0353. The molecule has 1 aliphatic rings. The first-order valence-electron chi connectivity index (χ1n) is 6.27. The molecule has 0 radical (unpaired) electrons. The summed E-state index contributed by atoms with van der Waals surface area (Å²) < 4.78 is 0. The fourth-order valence-corrected chi connectivity index (χ4v) is 2.75. The van der Waals surface area contributed by atoms with Crippen molar-refractivity contribution in [1.82, 2.24) is 5.32 Å². The standard InChI is InChI=1S/C14H18N2O2/c15-12(17)13(18)16-10-14(8-4-5-9-14)11-6-2-1-3-7-11/h1-3,6-7H,4-5,8-10H2,(H2,15,17)(H,16,18). The quantitative estimate of drug-likeness (QED) is 0.784. The molecule has 1 aromatic carbocycles. The van der Waals surface area contributed by atoms with Gasteiger partial charge in [0.1, 0.15) is 0 Å². The molecule has 1 aliphatic carbocycles. The van der Waals surface area contributed by atoms with E-state index in [1.54, 1.807) is 0 Å². The van der Waals surface area contributed by atoms with E-state index in [1.807, 2.05) is 18.2 Å². The van der Waals surface area contributed by atoms with Gasteiger partial charge in [0.05, 0.1) is 0 Å². The van der Waals surface area contributed by atoms with Crippen LogP contribution in [0.1, 0.15) is 31.2 Å². The summed E-state index contributed by atoms with van der Waals surface area (Å²) in [6.45, 7) is 0.485. The Hall–Kier alpha value is -1.84. The van der Waals surface area contributed by atoms with E-state index in [9.17, 15) is 9.59 Å². The first-order chi connectivity index (χ1) is 8.64. The zero-order chi connectivity index (χ0) is 13.0. The Kier molecular flexibility index (Phi) is 3.65. The van der Waals surface area contributed by atoms with Gasteiger partial charge in [-0.15, -0.1) is 0 Å². The molecule has 0 aromatic heterocycles. The Morgan fingerprint density at radius 2 is 1.78 bits per heavy atom. The molecule has 1 aromatic rings. The molecule has 4 nitrogen and oxygen atoms in total. The number of primary amides is 1. The Bertz CT molecular complexity index is 436. The van der Waals surface area contributed by atoms with Crippen molar-refractivity contribution in [3.05, 3.63) is 35.9 Å². The molecule has 0 atom stereocenters. The summed E-state index contributed by atoms with van der Waals surface area (Å²) in [5.41, 5.74) is 6.15. The van der Waals surface area contributed by atoms with Gasteiger partial charge in [0.2, 0.25) is 0 Å². The van der Waals surface area contributed by atoms with E-state index in [0.717, 1.165) is 25.7 Å². The topological polar surface area (TPSA) is 72.2 Å². The highest BCUT2D eigenvalue weighted by atomic mass is 16.2. The second-order valence-electron chi connectivity index (χ2n) is 4.90. The largest absolute Gasteiger partial charge is 0.361 e. The van der Waals surface area contributed by atoms with Crippen LogP contribution in [0.5, 0.6) is 0 Å². The molecule has 96 valence electrons. The Morgan fingerprint density at radius 1 is 1.17 bits per heavy atom. The molecule has 0 aliphatic heterocycles. The predicted molar refractivity (Wildman–Crippen MR) is 68.8 cm³/mol. The second kappa shape index (κ2) is 5.21. The molecule has 2 amide bonds. The minimum Gasteiger partial charge on any atom is -0.361 e. The molecule has 0 spiro atoms. The van der Waals surface area contributed by atoms with E-state index in [4.69, 9.17) is 5.73 Å². The maximum atomic E-state index is 11.3. The van der Waals surface area contributed by atoms with Crippen LogP contribution in [-0.2, 0) is 15.0 Å². The van der Waals surface area contributed by atoms with Crippen molar-refractivity contribution in [3.8, 4) is 0 Å². The highest BCUT2D eigenvalue weighted by molar-refractivity contribution is 6.34. The number of nitrogens with one attached hydrogen (secondary N) is 1. The number of carbonyl (C=O) groups is 2. The molecule has 1 saturated carbocycles. The average molecular weight is 246 g/mol. The van der Waals surface area contributed by atoms with Gasteiger partial charge in [-0.2, -0.15) is 0 Å². The molecule has 18 heavy (non-hydrogen) atoms. The van der Waals surface area contributed by atoms with Gasteiger partial charge in [-0.1, -0.05) is 43.2 Å². The molecule has 0 bridgehead atoms. The van der Waals surface area contributed by atoms with Crippen molar-refractivity contribution in [2.45, 2.75) is 31.1 Å². The fraction of sp³-hybridized carbons (Fsp3) is 0.429. The first-order valence-corrected chi connectivity index (χ1v) is 6.27. The minimum atomic E-state index is -0.920. The van der Waals surface area contributed by atoms with E-state index in [-0.39, 0.29) is 5.41 Å². The smallest absolute Gasteiger partial charge is 0.309 e. The Labute approximate surface area is 107 Å². The highest BCUT2D eigenvalue weighted by Gasteiger charge is 2.35. The number of amides is 2. The number of carbonyl (C=O) groups excluding carboxylic acids is 2. The maximum Gasteiger partial charge on any atom is 0.309 e. The molecular weight excluding hydrogens is 228 g/mol. The van der Waals surface area contributed by atoms with Crippen LogP contribution in [0.2, 0.25) is 0 Å². The van der Waals surface area contributed by atoms with Crippen LogP contribution in [0.3, 0.4) is 0 Å². The van der Waals surface area contributed by atoms with E-state index in [0.29, 0.717) is 6.54 Å². The number of hydrogen-bond acceptors (Lipinski definition) is 2. The number of benzene rings is 1. The van der Waals surface area contributed by atoms with Crippen molar-refractivity contribution in [2.24, 2.45) is 5.73 Å². The van der Waals surface area contributed by atoms with Gasteiger partial charge in [-0.05, 0) is 18.4 Å². The molecule has 3 N–H and O–H groups in total. The van der Waals surface area contributed by atoms with Crippen LogP contribution < -0.4 is 11.1 Å². The van der Waals surface area contributed by atoms with Crippen LogP contribution in [0.15, 0.2) is 30.3 Å². The lowest BCUT2D eigenvalue weighted by atomic mass is 9.79. The van der Waals surface area contributed by atoms with Crippen molar-refractivity contribution in [1.29, 1.82) is 0 Å². The van der Waals surface area contributed by atoms with Crippen LogP contribution in [0, 0.1) is 0 Å².